The van der Waals surface area contributed by atoms with Crippen molar-refractivity contribution < 1.29 is 14.3 Å². The third-order valence-corrected chi connectivity index (χ3v) is 5.95. The number of hydrogen-bond donors (Lipinski definition) is 0. The lowest BCUT2D eigenvalue weighted by Crippen LogP contribution is -2.25. The Morgan fingerprint density at radius 3 is 2.11 bits per heavy atom. The van der Waals surface area contributed by atoms with Gasteiger partial charge in [0.15, 0.2) is 0 Å². The molecule has 0 spiro atoms. The highest BCUT2D eigenvalue weighted by Crippen LogP contribution is 2.35. The normalized spacial score (nSPS) is 15.1. The van der Waals surface area contributed by atoms with Gasteiger partial charge in [-0.25, -0.2) is 9.80 Å². The Hall–Kier alpha value is -4.77. The van der Waals surface area contributed by atoms with Crippen LogP contribution in [0.3, 0.4) is 0 Å². The number of nitrogens with zero attached hydrogens (tertiary/aromatic N) is 2. The molecular formula is C31H24N2O3. The molecule has 36 heavy (non-hydrogen) atoms. The van der Waals surface area contributed by atoms with Crippen LogP contribution < -0.4 is 4.74 Å². The van der Waals surface area contributed by atoms with Crippen LogP contribution in [0.5, 0.6) is 5.75 Å². The summed E-state index contributed by atoms with van der Waals surface area (Å²) in [6.45, 7) is 0. The quantitative estimate of drug-likeness (QED) is 0.188. The molecule has 1 aliphatic rings. The summed E-state index contributed by atoms with van der Waals surface area (Å²) < 4.78 is 5.75. The van der Waals surface area contributed by atoms with Gasteiger partial charge in [0.05, 0.1) is 17.3 Å². The summed E-state index contributed by atoms with van der Waals surface area (Å²) in [5.41, 5.74) is 3.75. The number of amides is 1. The molecule has 1 unspecified atom stereocenters. The van der Waals surface area contributed by atoms with E-state index in [0.29, 0.717) is 29.0 Å². The van der Waals surface area contributed by atoms with E-state index in [-0.39, 0.29) is 11.9 Å². The third-order valence-electron chi connectivity index (χ3n) is 5.95. The molecule has 5 heteroatoms. The van der Waals surface area contributed by atoms with E-state index in [1.807, 2.05) is 84.9 Å². The minimum Gasteiger partial charge on any atom is -0.422 e. The van der Waals surface area contributed by atoms with Gasteiger partial charge in [-0.3, -0.25) is 4.79 Å². The Morgan fingerprint density at radius 1 is 0.778 bits per heavy atom. The molecule has 4 aromatic rings. The summed E-state index contributed by atoms with van der Waals surface area (Å²) in [7, 11) is 0. The largest absolute Gasteiger partial charge is 0.422 e. The van der Waals surface area contributed by atoms with Crippen molar-refractivity contribution in [2.75, 3.05) is 0 Å². The van der Waals surface area contributed by atoms with E-state index in [4.69, 9.17) is 9.84 Å². The standard InChI is InChI=1S/C31H24N2O3/c34-30(21-20-23-12-4-1-5-13-23)33-28(24-14-6-2-7-15-24)22-27(32-33)26-18-10-11-19-29(26)36-31(35)25-16-8-3-9-17-25/h1-21,28H,22H2. The smallest absolute Gasteiger partial charge is 0.343 e. The van der Waals surface area contributed by atoms with Gasteiger partial charge >= 0.3 is 5.97 Å². The van der Waals surface area contributed by atoms with E-state index < -0.39 is 5.97 Å². The van der Waals surface area contributed by atoms with Gasteiger partial charge in [0.2, 0.25) is 0 Å². The van der Waals surface area contributed by atoms with E-state index in [1.54, 1.807) is 42.5 Å². The molecule has 5 rings (SSSR count). The van der Waals surface area contributed by atoms with Crippen LogP contribution in [0.1, 0.15) is 39.5 Å². The Kier molecular flexibility index (Phi) is 6.81. The Morgan fingerprint density at radius 2 is 1.39 bits per heavy atom. The predicted molar refractivity (Wildman–Crippen MR) is 141 cm³/mol. The van der Waals surface area contributed by atoms with Gasteiger partial charge in [-0.1, -0.05) is 91.0 Å². The molecule has 1 aliphatic heterocycles. The minimum atomic E-state index is -0.444. The molecule has 0 radical (unpaired) electrons. The van der Waals surface area contributed by atoms with Crippen molar-refractivity contribution in [2.24, 2.45) is 5.10 Å². The first-order valence-electron chi connectivity index (χ1n) is 11.7. The monoisotopic (exact) mass is 472 g/mol. The molecule has 0 aliphatic carbocycles. The first kappa shape index (κ1) is 23.0. The van der Waals surface area contributed by atoms with Crippen molar-refractivity contribution in [3.05, 3.63) is 144 Å². The number of esters is 1. The molecular weight excluding hydrogens is 448 g/mol. The molecule has 0 bridgehead atoms. The van der Waals surface area contributed by atoms with E-state index in [0.717, 1.165) is 11.1 Å². The maximum absolute atomic E-state index is 13.3. The van der Waals surface area contributed by atoms with Gasteiger partial charge in [-0.05, 0) is 41.5 Å². The number of carbonyl (C=O) groups excluding carboxylic acids is 2. The van der Waals surface area contributed by atoms with E-state index >= 15 is 0 Å². The fourth-order valence-corrected chi connectivity index (χ4v) is 4.15. The third kappa shape index (κ3) is 5.15. The zero-order valence-electron chi connectivity index (χ0n) is 19.5. The van der Waals surface area contributed by atoms with E-state index in [1.165, 1.54) is 5.01 Å². The lowest BCUT2D eigenvalue weighted by molar-refractivity contribution is -0.127. The zero-order chi connectivity index (χ0) is 24.7. The fraction of sp³-hybridized carbons (Fsp3) is 0.0645. The molecule has 0 saturated heterocycles. The highest BCUT2D eigenvalue weighted by Gasteiger charge is 2.33. The van der Waals surface area contributed by atoms with Crippen molar-refractivity contribution >= 4 is 23.7 Å². The second kappa shape index (κ2) is 10.7. The number of para-hydroxylation sites is 1. The molecule has 1 heterocycles. The number of hydrazone groups is 1. The summed E-state index contributed by atoms with van der Waals surface area (Å²) in [6.07, 6.45) is 3.82. The molecule has 4 aromatic carbocycles. The number of benzene rings is 4. The van der Waals surface area contributed by atoms with Crippen LogP contribution in [-0.4, -0.2) is 22.6 Å². The molecule has 0 saturated carbocycles. The number of rotatable bonds is 6. The topological polar surface area (TPSA) is 59.0 Å². The van der Waals surface area contributed by atoms with Crippen LogP contribution in [0.25, 0.3) is 6.08 Å². The van der Waals surface area contributed by atoms with Crippen LogP contribution in [0.15, 0.2) is 126 Å². The molecule has 0 fully saturated rings. The van der Waals surface area contributed by atoms with Gasteiger partial charge in [-0.15, -0.1) is 0 Å². The molecule has 5 nitrogen and oxygen atoms in total. The number of hydrogen-bond acceptors (Lipinski definition) is 4. The Labute approximate surface area is 210 Å². The summed E-state index contributed by atoms with van der Waals surface area (Å²) in [4.78, 5) is 26.0. The first-order valence-corrected chi connectivity index (χ1v) is 11.7. The van der Waals surface area contributed by atoms with Gasteiger partial charge in [-0.2, -0.15) is 5.10 Å². The molecule has 0 aromatic heterocycles. The zero-order valence-corrected chi connectivity index (χ0v) is 19.5. The van der Waals surface area contributed by atoms with Crippen LogP contribution >= 0.6 is 0 Å². The number of carbonyl (C=O) groups is 2. The van der Waals surface area contributed by atoms with Crippen LogP contribution in [0.2, 0.25) is 0 Å². The van der Waals surface area contributed by atoms with Crippen LogP contribution in [0, 0.1) is 0 Å². The van der Waals surface area contributed by atoms with Crippen molar-refractivity contribution in [3.8, 4) is 5.75 Å². The minimum absolute atomic E-state index is 0.221. The molecule has 0 N–H and O–H groups in total. The van der Waals surface area contributed by atoms with Crippen molar-refractivity contribution in [1.82, 2.24) is 5.01 Å². The summed E-state index contributed by atoms with van der Waals surface area (Å²) in [6, 6.07) is 35.4. The van der Waals surface area contributed by atoms with Gasteiger partial charge in [0, 0.05) is 18.1 Å². The molecule has 1 atom stereocenters. The average Bonchev–Trinajstić information content (AvgIpc) is 3.39. The molecule has 1 amide bonds. The summed E-state index contributed by atoms with van der Waals surface area (Å²) >= 11 is 0. The molecule has 176 valence electrons. The van der Waals surface area contributed by atoms with Crippen molar-refractivity contribution in [1.29, 1.82) is 0 Å². The second-order valence-corrected chi connectivity index (χ2v) is 8.36. The maximum Gasteiger partial charge on any atom is 0.343 e. The maximum atomic E-state index is 13.3. The van der Waals surface area contributed by atoms with Crippen molar-refractivity contribution in [3.63, 3.8) is 0 Å². The first-order chi connectivity index (χ1) is 17.7. The van der Waals surface area contributed by atoms with Crippen LogP contribution in [-0.2, 0) is 4.79 Å². The van der Waals surface area contributed by atoms with E-state index in [9.17, 15) is 9.59 Å². The van der Waals surface area contributed by atoms with Gasteiger partial charge in [0.25, 0.3) is 5.91 Å². The second-order valence-electron chi connectivity index (χ2n) is 8.36. The fourth-order valence-electron chi connectivity index (χ4n) is 4.15. The average molecular weight is 473 g/mol. The SMILES string of the molecule is O=C(Oc1ccccc1C1=NN(C(=O)C=Cc2ccccc2)C(c2ccccc2)C1)c1ccccc1. The highest BCUT2D eigenvalue weighted by atomic mass is 16.5. The Bertz CT molecular complexity index is 1410. The lowest BCUT2D eigenvalue weighted by atomic mass is 9.98. The van der Waals surface area contributed by atoms with E-state index in [2.05, 4.69) is 0 Å². The number of ether oxygens (including phenoxy) is 1. The van der Waals surface area contributed by atoms with Crippen molar-refractivity contribution in [2.45, 2.75) is 12.5 Å². The Balaban J connectivity index is 1.46. The predicted octanol–water partition coefficient (Wildman–Crippen LogP) is 6.30. The van der Waals surface area contributed by atoms with Gasteiger partial charge in [0.1, 0.15) is 5.75 Å². The summed E-state index contributed by atoms with van der Waals surface area (Å²) in [5, 5.41) is 6.24. The lowest BCUT2D eigenvalue weighted by Gasteiger charge is -2.20. The highest BCUT2D eigenvalue weighted by molar-refractivity contribution is 6.07. The summed E-state index contributed by atoms with van der Waals surface area (Å²) in [5.74, 6) is -0.257. The van der Waals surface area contributed by atoms with Crippen LogP contribution in [0.4, 0.5) is 0 Å². The van der Waals surface area contributed by atoms with Gasteiger partial charge < -0.3 is 4.74 Å².